The molecule has 4 aromatic rings. The van der Waals surface area contributed by atoms with Gasteiger partial charge in [-0.15, -0.1) is 0 Å². The summed E-state index contributed by atoms with van der Waals surface area (Å²) in [5.74, 6) is -2.36. The molecule has 4 N–H and O–H groups in total. The number of alkyl carbamates (subject to hydrolysis) is 1. The van der Waals surface area contributed by atoms with E-state index in [1.54, 1.807) is 48.5 Å². The molecule has 0 saturated heterocycles. The molecule has 2 aromatic carbocycles. The van der Waals surface area contributed by atoms with Gasteiger partial charge in [0.2, 0.25) is 17.7 Å². The van der Waals surface area contributed by atoms with E-state index in [0.717, 1.165) is 26.7 Å². The number of amides is 4. The highest BCUT2D eigenvalue weighted by Gasteiger charge is 2.31. The SMILES string of the molecule is CCOc1ccc(CC(C(=O)NCCN(CC(=O)OC)C(=O)Cn2cc(C)c(=O)[nH]c2=O)N(CCNC(=O)OCc2ccccc2)C(=O)Cn2cc(C)c(=O)[nH]c2=O)cc1. The van der Waals surface area contributed by atoms with Gasteiger partial charge in [0, 0.05) is 56.1 Å². The number of hydrogen-bond acceptors (Lipinski definition) is 12. The minimum atomic E-state index is -1.29. The summed E-state index contributed by atoms with van der Waals surface area (Å²) in [4.78, 5) is 122. The van der Waals surface area contributed by atoms with E-state index < -0.39 is 78.0 Å². The lowest BCUT2D eigenvalue weighted by Gasteiger charge is -2.32. The Kier molecular flexibility index (Phi) is 16.7. The van der Waals surface area contributed by atoms with Gasteiger partial charge in [0.1, 0.15) is 38.0 Å². The zero-order chi connectivity index (χ0) is 43.8. The predicted octanol–water partition coefficient (Wildman–Crippen LogP) is -0.414. The molecule has 0 radical (unpaired) electrons. The number of aromatic nitrogens is 4. The Hall–Kier alpha value is -7.25. The smallest absolute Gasteiger partial charge is 0.407 e. The van der Waals surface area contributed by atoms with Gasteiger partial charge >= 0.3 is 23.4 Å². The molecule has 20 heteroatoms. The van der Waals surface area contributed by atoms with Gasteiger partial charge in [-0.1, -0.05) is 42.5 Å². The average molecular weight is 833 g/mol. The number of carbonyl (C=O) groups excluding carboxylic acids is 5. The van der Waals surface area contributed by atoms with E-state index in [0.29, 0.717) is 17.9 Å². The van der Waals surface area contributed by atoms with Crippen LogP contribution in [0.2, 0.25) is 0 Å². The first-order valence-corrected chi connectivity index (χ1v) is 18.9. The van der Waals surface area contributed by atoms with Crippen LogP contribution < -0.4 is 37.9 Å². The van der Waals surface area contributed by atoms with Crippen molar-refractivity contribution in [1.82, 2.24) is 39.5 Å². The van der Waals surface area contributed by atoms with E-state index in [4.69, 9.17) is 14.2 Å². The Morgan fingerprint density at radius 3 is 1.92 bits per heavy atom. The number of rotatable bonds is 20. The first kappa shape index (κ1) is 45.5. The van der Waals surface area contributed by atoms with Gasteiger partial charge < -0.3 is 34.6 Å². The van der Waals surface area contributed by atoms with Crippen LogP contribution in [0.25, 0.3) is 0 Å². The molecule has 0 bridgehead atoms. The van der Waals surface area contributed by atoms with Crippen LogP contribution >= 0.6 is 0 Å². The van der Waals surface area contributed by atoms with E-state index in [-0.39, 0.29) is 50.3 Å². The van der Waals surface area contributed by atoms with Crippen molar-refractivity contribution in [3.63, 3.8) is 0 Å². The third-order valence-electron chi connectivity index (χ3n) is 9.07. The van der Waals surface area contributed by atoms with Crippen LogP contribution in [0.3, 0.4) is 0 Å². The van der Waals surface area contributed by atoms with Gasteiger partial charge in [-0.3, -0.25) is 47.9 Å². The zero-order valence-corrected chi connectivity index (χ0v) is 33.7. The lowest BCUT2D eigenvalue weighted by atomic mass is 10.0. The molecular formula is C40H48N8O12. The molecule has 0 aliphatic heterocycles. The monoisotopic (exact) mass is 832 g/mol. The summed E-state index contributed by atoms with van der Waals surface area (Å²) in [6.45, 7) is 2.52. The summed E-state index contributed by atoms with van der Waals surface area (Å²) in [5, 5.41) is 5.30. The summed E-state index contributed by atoms with van der Waals surface area (Å²) in [7, 11) is 1.12. The van der Waals surface area contributed by atoms with Crippen LogP contribution in [0.5, 0.6) is 5.75 Å². The number of carbonyl (C=O) groups is 5. The Morgan fingerprint density at radius 1 is 0.750 bits per heavy atom. The normalized spacial score (nSPS) is 11.2. The second kappa shape index (κ2) is 22.0. The number of H-pyrrole nitrogens is 2. The molecule has 60 heavy (non-hydrogen) atoms. The number of hydrogen-bond donors (Lipinski definition) is 4. The molecule has 0 saturated carbocycles. The number of aromatic amines is 2. The van der Waals surface area contributed by atoms with Crippen LogP contribution in [0.1, 0.15) is 29.2 Å². The fourth-order valence-corrected chi connectivity index (χ4v) is 5.86. The van der Waals surface area contributed by atoms with Crippen LogP contribution in [0, 0.1) is 13.8 Å². The highest BCUT2D eigenvalue weighted by Crippen LogP contribution is 2.16. The van der Waals surface area contributed by atoms with Gasteiger partial charge in [-0.25, -0.2) is 14.4 Å². The lowest BCUT2D eigenvalue weighted by Crippen LogP contribution is -2.55. The first-order chi connectivity index (χ1) is 28.7. The van der Waals surface area contributed by atoms with Crippen molar-refractivity contribution in [2.45, 2.75) is 52.9 Å². The molecule has 1 unspecified atom stereocenters. The van der Waals surface area contributed by atoms with Gasteiger partial charge in [0.15, 0.2) is 0 Å². The van der Waals surface area contributed by atoms with Crippen molar-refractivity contribution in [3.8, 4) is 5.75 Å². The summed E-state index contributed by atoms with van der Waals surface area (Å²) < 4.78 is 17.6. The third kappa shape index (κ3) is 13.4. The van der Waals surface area contributed by atoms with Crippen molar-refractivity contribution >= 4 is 29.8 Å². The third-order valence-corrected chi connectivity index (χ3v) is 9.07. The molecule has 1 atom stereocenters. The summed E-state index contributed by atoms with van der Waals surface area (Å²) >= 11 is 0. The maximum atomic E-state index is 14.2. The van der Waals surface area contributed by atoms with Crippen molar-refractivity contribution in [2.24, 2.45) is 0 Å². The van der Waals surface area contributed by atoms with Gasteiger partial charge in [-0.2, -0.15) is 0 Å². The number of methoxy groups -OCH3 is 1. The van der Waals surface area contributed by atoms with Crippen LogP contribution in [-0.4, -0.2) is 111 Å². The Morgan fingerprint density at radius 2 is 1.33 bits per heavy atom. The average Bonchev–Trinajstić information content (AvgIpc) is 3.22. The number of esters is 1. The van der Waals surface area contributed by atoms with Crippen molar-refractivity contribution in [3.05, 3.63) is 131 Å². The van der Waals surface area contributed by atoms with Crippen LogP contribution in [-0.2, 0) is 54.8 Å². The number of aryl methyl sites for hydroxylation is 2. The topological polar surface area (TPSA) is 253 Å². The fraction of sp³-hybridized carbons (Fsp3) is 0.375. The van der Waals surface area contributed by atoms with E-state index in [9.17, 15) is 43.2 Å². The van der Waals surface area contributed by atoms with Gasteiger partial charge in [0.05, 0.1) is 13.7 Å². The van der Waals surface area contributed by atoms with Crippen molar-refractivity contribution in [2.75, 3.05) is 46.4 Å². The largest absolute Gasteiger partial charge is 0.494 e. The Bertz CT molecular complexity index is 2370. The standard InChI is InChI=1S/C40H48N8O12/c1-5-59-30-13-11-28(12-14-30)19-31(37(54)41-15-17-45(24-34(51)58-4)32(49)22-46-20-26(2)35(52)43-38(46)55)48(33(50)23-47-21-27(3)36(53)44-39(47)56)18-16-42-40(57)60-25-29-9-7-6-8-10-29/h6-14,20-21,31H,5,15-19,22-25H2,1-4H3,(H,41,54)(H,42,57)(H,43,52,55)(H,44,53,56). The molecule has 0 fully saturated rings. The quantitative estimate of drug-likeness (QED) is 0.0830. The second-order valence-electron chi connectivity index (χ2n) is 13.5. The Labute approximate surface area is 343 Å². The highest BCUT2D eigenvalue weighted by molar-refractivity contribution is 5.88. The zero-order valence-electron chi connectivity index (χ0n) is 33.7. The van der Waals surface area contributed by atoms with Crippen molar-refractivity contribution in [1.29, 1.82) is 0 Å². The molecule has 320 valence electrons. The van der Waals surface area contributed by atoms with E-state index in [2.05, 4.69) is 20.6 Å². The van der Waals surface area contributed by atoms with E-state index in [1.165, 1.54) is 31.1 Å². The number of benzene rings is 2. The minimum Gasteiger partial charge on any atom is -0.494 e. The molecule has 20 nitrogen and oxygen atoms in total. The molecule has 0 spiro atoms. The number of ether oxygens (including phenoxy) is 3. The van der Waals surface area contributed by atoms with Gasteiger partial charge in [0.25, 0.3) is 11.1 Å². The summed E-state index contributed by atoms with van der Waals surface area (Å²) in [6.07, 6.45) is 1.56. The lowest BCUT2D eigenvalue weighted by molar-refractivity contribution is -0.147. The molecule has 0 aliphatic carbocycles. The second-order valence-corrected chi connectivity index (χ2v) is 13.5. The van der Waals surface area contributed by atoms with Crippen molar-refractivity contribution < 1.29 is 38.2 Å². The minimum absolute atomic E-state index is 0.0245. The number of nitrogens with one attached hydrogen (secondary N) is 4. The maximum Gasteiger partial charge on any atom is 0.407 e. The highest BCUT2D eigenvalue weighted by atomic mass is 16.5. The van der Waals surface area contributed by atoms with E-state index in [1.807, 2.05) is 13.0 Å². The molecule has 4 rings (SSSR count). The molecular weight excluding hydrogens is 784 g/mol. The van der Waals surface area contributed by atoms with Crippen LogP contribution in [0.15, 0.2) is 86.2 Å². The Balaban J connectivity index is 1.60. The molecule has 2 heterocycles. The van der Waals surface area contributed by atoms with Gasteiger partial charge in [-0.05, 0) is 44.0 Å². The molecule has 0 aliphatic rings. The summed E-state index contributed by atoms with van der Waals surface area (Å²) in [6, 6.07) is 14.5. The summed E-state index contributed by atoms with van der Waals surface area (Å²) in [5.41, 5.74) is -1.27. The van der Waals surface area contributed by atoms with E-state index >= 15 is 0 Å². The fourth-order valence-electron chi connectivity index (χ4n) is 5.86. The van der Waals surface area contributed by atoms with Crippen LogP contribution in [0.4, 0.5) is 4.79 Å². The molecule has 4 amide bonds. The maximum absolute atomic E-state index is 14.2. The first-order valence-electron chi connectivity index (χ1n) is 18.9. The predicted molar refractivity (Wildman–Crippen MR) is 215 cm³/mol. The molecule has 2 aromatic heterocycles. The number of nitrogens with zero attached hydrogens (tertiary/aromatic N) is 4.